The van der Waals surface area contributed by atoms with E-state index in [1.165, 1.54) is 0 Å². The highest BCUT2D eigenvalue weighted by molar-refractivity contribution is 5.85. The van der Waals surface area contributed by atoms with Gasteiger partial charge in [-0.05, 0) is 45.0 Å². The lowest BCUT2D eigenvalue weighted by Gasteiger charge is -2.15. The molecule has 2 amide bonds. The van der Waals surface area contributed by atoms with Crippen LogP contribution in [0.15, 0.2) is 24.3 Å². The second kappa shape index (κ2) is 12.6. The summed E-state index contributed by atoms with van der Waals surface area (Å²) in [5, 5.41) is 8.48. The molecule has 1 aromatic rings. The molecule has 136 valence electrons. The third-order valence-electron chi connectivity index (χ3n) is 3.31. The number of hydrogen-bond acceptors (Lipinski definition) is 4. The van der Waals surface area contributed by atoms with Crippen LogP contribution in [0.2, 0.25) is 0 Å². The van der Waals surface area contributed by atoms with E-state index in [1.807, 2.05) is 38.1 Å². The Balaban J connectivity index is 0.00000529. The van der Waals surface area contributed by atoms with Gasteiger partial charge in [-0.1, -0.05) is 12.1 Å². The van der Waals surface area contributed by atoms with Gasteiger partial charge in [-0.3, -0.25) is 9.59 Å². The summed E-state index contributed by atoms with van der Waals surface area (Å²) in [6.45, 7) is 5.32. The van der Waals surface area contributed by atoms with Crippen LogP contribution in [-0.4, -0.2) is 38.6 Å². The van der Waals surface area contributed by atoms with E-state index in [1.54, 1.807) is 7.05 Å². The predicted octanol–water partition coefficient (Wildman–Crippen LogP) is 1.80. The largest absolute Gasteiger partial charge is 0.494 e. The molecule has 7 heteroatoms. The maximum atomic E-state index is 11.9. The summed E-state index contributed by atoms with van der Waals surface area (Å²) < 4.78 is 5.40. The zero-order chi connectivity index (χ0) is 17.1. The van der Waals surface area contributed by atoms with E-state index >= 15 is 0 Å². The number of amides is 2. The fraction of sp³-hybridized carbons (Fsp3) is 0.529. The van der Waals surface area contributed by atoms with E-state index in [0.29, 0.717) is 32.5 Å². The van der Waals surface area contributed by atoms with Crippen LogP contribution in [0.25, 0.3) is 0 Å². The molecule has 0 aliphatic carbocycles. The second-order valence-electron chi connectivity index (χ2n) is 5.28. The highest BCUT2D eigenvalue weighted by Crippen LogP contribution is 2.17. The molecule has 0 radical (unpaired) electrons. The maximum absolute atomic E-state index is 11.9. The number of halogens is 1. The van der Waals surface area contributed by atoms with Gasteiger partial charge in [0, 0.05) is 13.0 Å². The van der Waals surface area contributed by atoms with Crippen molar-refractivity contribution in [3.8, 4) is 5.75 Å². The molecule has 0 fully saturated rings. The SMILES string of the molecule is CCOc1ccc(C(C)NC(=O)CCCNC(=O)CNC)cc1.Cl. The predicted molar refractivity (Wildman–Crippen MR) is 97.6 cm³/mol. The third-order valence-corrected chi connectivity index (χ3v) is 3.31. The average molecular weight is 358 g/mol. The van der Waals surface area contributed by atoms with Crippen molar-refractivity contribution in [1.29, 1.82) is 0 Å². The lowest BCUT2D eigenvalue weighted by molar-refractivity contribution is -0.123. The second-order valence-corrected chi connectivity index (χ2v) is 5.28. The highest BCUT2D eigenvalue weighted by atomic mass is 35.5. The number of nitrogens with one attached hydrogen (secondary N) is 3. The molecular weight excluding hydrogens is 330 g/mol. The molecule has 1 aromatic carbocycles. The van der Waals surface area contributed by atoms with Gasteiger partial charge >= 0.3 is 0 Å². The van der Waals surface area contributed by atoms with Crippen molar-refractivity contribution in [2.24, 2.45) is 0 Å². The topological polar surface area (TPSA) is 79.5 Å². The molecule has 1 atom stereocenters. The number of rotatable bonds is 10. The summed E-state index contributed by atoms with van der Waals surface area (Å²) in [6.07, 6.45) is 1.01. The molecule has 0 aromatic heterocycles. The number of likely N-dealkylation sites (N-methyl/N-ethyl adjacent to an activating group) is 1. The van der Waals surface area contributed by atoms with Crippen molar-refractivity contribution in [3.05, 3.63) is 29.8 Å². The normalized spacial score (nSPS) is 11.1. The molecule has 0 heterocycles. The Morgan fingerprint density at radius 2 is 1.83 bits per heavy atom. The van der Waals surface area contributed by atoms with Crippen LogP contribution < -0.4 is 20.7 Å². The van der Waals surface area contributed by atoms with Gasteiger partial charge in [-0.15, -0.1) is 12.4 Å². The van der Waals surface area contributed by atoms with Gasteiger partial charge in [0.1, 0.15) is 5.75 Å². The lowest BCUT2D eigenvalue weighted by atomic mass is 10.1. The average Bonchev–Trinajstić information content (AvgIpc) is 2.53. The molecule has 6 nitrogen and oxygen atoms in total. The molecule has 0 aliphatic rings. The molecule has 3 N–H and O–H groups in total. The molecule has 0 bridgehead atoms. The van der Waals surface area contributed by atoms with Crippen LogP contribution in [0.4, 0.5) is 0 Å². The van der Waals surface area contributed by atoms with Crippen molar-refractivity contribution < 1.29 is 14.3 Å². The van der Waals surface area contributed by atoms with Gasteiger partial charge in [0.25, 0.3) is 0 Å². The Hall–Kier alpha value is -1.79. The summed E-state index contributed by atoms with van der Waals surface area (Å²) >= 11 is 0. The minimum absolute atomic E-state index is 0. The summed E-state index contributed by atoms with van der Waals surface area (Å²) in [5.41, 5.74) is 1.03. The Kier molecular flexibility index (Phi) is 11.7. The first-order chi connectivity index (χ1) is 11.1. The molecular formula is C17H28ClN3O3. The molecule has 1 rings (SSSR count). The van der Waals surface area contributed by atoms with Gasteiger partial charge < -0.3 is 20.7 Å². The van der Waals surface area contributed by atoms with Crippen LogP contribution >= 0.6 is 12.4 Å². The first-order valence-corrected chi connectivity index (χ1v) is 8.00. The van der Waals surface area contributed by atoms with E-state index in [0.717, 1.165) is 11.3 Å². The van der Waals surface area contributed by atoms with E-state index in [9.17, 15) is 9.59 Å². The zero-order valence-electron chi connectivity index (χ0n) is 14.6. The van der Waals surface area contributed by atoms with Gasteiger partial charge in [0.05, 0.1) is 19.2 Å². The molecule has 0 saturated heterocycles. The van der Waals surface area contributed by atoms with Crippen LogP contribution in [-0.2, 0) is 9.59 Å². The number of carbonyl (C=O) groups is 2. The van der Waals surface area contributed by atoms with Crippen molar-refractivity contribution in [2.75, 3.05) is 26.7 Å². The van der Waals surface area contributed by atoms with Gasteiger partial charge in [0.15, 0.2) is 0 Å². The first kappa shape index (κ1) is 22.2. The Morgan fingerprint density at radius 1 is 1.17 bits per heavy atom. The smallest absolute Gasteiger partial charge is 0.233 e. The van der Waals surface area contributed by atoms with Crippen LogP contribution in [0, 0.1) is 0 Å². The number of carbonyl (C=O) groups excluding carboxylic acids is 2. The number of ether oxygens (including phenoxy) is 1. The minimum atomic E-state index is -0.0596. The van der Waals surface area contributed by atoms with Crippen LogP contribution in [0.5, 0.6) is 5.75 Å². The summed E-state index contributed by atoms with van der Waals surface area (Å²) in [6, 6.07) is 7.65. The Labute approximate surface area is 150 Å². The standard InChI is InChI=1S/C17H27N3O3.ClH/c1-4-23-15-9-7-14(8-10-15)13(2)20-16(21)6-5-11-19-17(22)12-18-3;/h7-10,13,18H,4-6,11-12H2,1-3H3,(H,19,22)(H,20,21);1H. The minimum Gasteiger partial charge on any atom is -0.494 e. The summed E-state index contributed by atoms with van der Waals surface area (Å²) in [5.74, 6) is 0.747. The Bertz CT molecular complexity index is 494. The molecule has 0 spiro atoms. The summed E-state index contributed by atoms with van der Waals surface area (Å²) in [7, 11) is 1.72. The maximum Gasteiger partial charge on any atom is 0.233 e. The van der Waals surface area contributed by atoms with Crippen molar-refractivity contribution in [2.45, 2.75) is 32.7 Å². The Morgan fingerprint density at radius 3 is 2.42 bits per heavy atom. The van der Waals surface area contributed by atoms with E-state index in [4.69, 9.17) is 4.74 Å². The van der Waals surface area contributed by atoms with Gasteiger partial charge in [-0.25, -0.2) is 0 Å². The highest BCUT2D eigenvalue weighted by Gasteiger charge is 2.09. The van der Waals surface area contributed by atoms with Crippen LogP contribution in [0.1, 0.15) is 38.3 Å². The molecule has 1 unspecified atom stereocenters. The summed E-state index contributed by atoms with van der Waals surface area (Å²) in [4.78, 5) is 23.1. The van der Waals surface area contributed by atoms with Crippen molar-refractivity contribution >= 4 is 24.2 Å². The monoisotopic (exact) mass is 357 g/mol. The number of hydrogen-bond donors (Lipinski definition) is 3. The lowest BCUT2D eigenvalue weighted by Crippen LogP contribution is -2.33. The molecule has 24 heavy (non-hydrogen) atoms. The van der Waals surface area contributed by atoms with Gasteiger partial charge in [-0.2, -0.15) is 0 Å². The molecule has 0 saturated carbocycles. The zero-order valence-corrected chi connectivity index (χ0v) is 15.4. The van der Waals surface area contributed by atoms with E-state index in [2.05, 4.69) is 16.0 Å². The quantitative estimate of drug-likeness (QED) is 0.558. The fourth-order valence-electron chi connectivity index (χ4n) is 2.12. The van der Waals surface area contributed by atoms with E-state index in [-0.39, 0.29) is 30.3 Å². The molecule has 0 aliphatic heterocycles. The third kappa shape index (κ3) is 8.74. The van der Waals surface area contributed by atoms with Crippen molar-refractivity contribution in [3.63, 3.8) is 0 Å². The van der Waals surface area contributed by atoms with Crippen molar-refractivity contribution in [1.82, 2.24) is 16.0 Å². The van der Waals surface area contributed by atoms with Crippen LogP contribution in [0.3, 0.4) is 0 Å². The van der Waals surface area contributed by atoms with E-state index < -0.39 is 0 Å². The fourth-order valence-corrected chi connectivity index (χ4v) is 2.12. The first-order valence-electron chi connectivity index (χ1n) is 8.00. The van der Waals surface area contributed by atoms with Gasteiger partial charge in [0.2, 0.25) is 11.8 Å². The number of benzene rings is 1.